The van der Waals surface area contributed by atoms with Crippen molar-refractivity contribution < 1.29 is 9.53 Å². The molecule has 2 heteroatoms. The molecule has 0 aromatic rings. The van der Waals surface area contributed by atoms with Crippen LogP contribution in [0.2, 0.25) is 0 Å². The zero-order valence-electron chi connectivity index (χ0n) is 12.7. The van der Waals surface area contributed by atoms with Crippen molar-refractivity contribution in [1.29, 1.82) is 0 Å². The average Bonchev–Trinajstić information content (AvgIpc) is 2.22. The highest BCUT2D eigenvalue weighted by Gasteiger charge is 2.34. The van der Waals surface area contributed by atoms with Gasteiger partial charge in [0, 0.05) is 6.92 Å². The van der Waals surface area contributed by atoms with Gasteiger partial charge in [-0.1, -0.05) is 32.4 Å². The molecule has 0 heterocycles. The Morgan fingerprint density at radius 2 is 2.11 bits per heavy atom. The van der Waals surface area contributed by atoms with Crippen molar-refractivity contribution in [3.63, 3.8) is 0 Å². The summed E-state index contributed by atoms with van der Waals surface area (Å²) < 4.78 is 5.30. The topological polar surface area (TPSA) is 26.3 Å². The molecule has 0 aliphatic heterocycles. The number of carbonyl (C=O) groups excluding carboxylic acids is 1. The van der Waals surface area contributed by atoms with E-state index in [4.69, 9.17) is 4.74 Å². The third kappa shape index (κ3) is 3.86. The minimum Gasteiger partial charge on any atom is -0.463 e. The quantitative estimate of drug-likeness (QED) is 0.549. The van der Waals surface area contributed by atoms with Gasteiger partial charge in [0.1, 0.15) is 6.10 Å². The number of rotatable bonds is 4. The maximum absolute atomic E-state index is 11.0. The fourth-order valence-electron chi connectivity index (χ4n) is 3.05. The lowest BCUT2D eigenvalue weighted by Crippen LogP contribution is -2.32. The van der Waals surface area contributed by atoms with Crippen molar-refractivity contribution in [2.24, 2.45) is 17.3 Å². The van der Waals surface area contributed by atoms with Gasteiger partial charge in [0.2, 0.25) is 0 Å². The molecule has 0 aromatic carbocycles. The highest BCUT2D eigenvalue weighted by molar-refractivity contribution is 5.66. The lowest BCUT2D eigenvalue weighted by molar-refractivity contribution is -0.148. The van der Waals surface area contributed by atoms with Crippen LogP contribution in [0.3, 0.4) is 0 Å². The van der Waals surface area contributed by atoms with E-state index in [9.17, 15) is 4.79 Å². The van der Waals surface area contributed by atoms with E-state index in [0.717, 1.165) is 6.42 Å². The molecule has 0 N–H and O–H groups in total. The number of carbonyl (C=O) groups is 1. The summed E-state index contributed by atoms with van der Waals surface area (Å²) in [5.74, 6) is 0.836. The molecular formula is C16H28O2. The summed E-state index contributed by atoms with van der Waals surface area (Å²) in [6, 6.07) is 0. The summed E-state index contributed by atoms with van der Waals surface area (Å²) in [4.78, 5) is 11.0. The van der Waals surface area contributed by atoms with Crippen molar-refractivity contribution in [3.05, 3.63) is 11.6 Å². The molecule has 0 aromatic heterocycles. The molecule has 18 heavy (non-hydrogen) atoms. The Kier molecular flexibility index (Phi) is 5.01. The number of hydrogen-bond acceptors (Lipinski definition) is 2. The molecule has 0 bridgehead atoms. The van der Waals surface area contributed by atoms with Gasteiger partial charge in [0.05, 0.1) is 0 Å². The maximum atomic E-state index is 11.0. The van der Waals surface area contributed by atoms with Crippen LogP contribution < -0.4 is 0 Å². The van der Waals surface area contributed by atoms with Crippen molar-refractivity contribution in [2.75, 3.05) is 0 Å². The summed E-state index contributed by atoms with van der Waals surface area (Å²) in [6.45, 7) is 12.6. The van der Waals surface area contributed by atoms with Crippen LogP contribution in [0.4, 0.5) is 0 Å². The molecule has 1 aliphatic carbocycles. The zero-order valence-corrected chi connectivity index (χ0v) is 12.7. The third-order valence-corrected chi connectivity index (χ3v) is 4.51. The van der Waals surface area contributed by atoms with Gasteiger partial charge in [0.15, 0.2) is 0 Å². The highest BCUT2D eigenvalue weighted by atomic mass is 16.5. The monoisotopic (exact) mass is 252 g/mol. The zero-order chi connectivity index (χ0) is 13.9. The number of ether oxygens (including phenoxy) is 1. The van der Waals surface area contributed by atoms with Gasteiger partial charge in [-0.05, 0) is 50.4 Å². The molecular weight excluding hydrogens is 224 g/mol. The van der Waals surface area contributed by atoms with Crippen molar-refractivity contribution in [1.82, 2.24) is 0 Å². The summed E-state index contributed by atoms with van der Waals surface area (Å²) in [5.41, 5.74) is 1.87. The van der Waals surface area contributed by atoms with Crippen LogP contribution in [0.25, 0.3) is 0 Å². The van der Waals surface area contributed by atoms with Crippen LogP contribution in [0.5, 0.6) is 0 Å². The first-order valence-electron chi connectivity index (χ1n) is 7.08. The molecule has 0 radical (unpaired) electrons. The molecule has 3 unspecified atom stereocenters. The molecule has 1 rings (SSSR count). The van der Waals surface area contributed by atoms with Crippen molar-refractivity contribution in [3.8, 4) is 0 Å². The van der Waals surface area contributed by atoms with E-state index < -0.39 is 0 Å². The molecule has 0 amide bonds. The Balaban J connectivity index is 2.67. The summed E-state index contributed by atoms with van der Waals surface area (Å²) >= 11 is 0. The normalized spacial score (nSPS) is 26.1. The molecule has 1 aliphatic rings. The van der Waals surface area contributed by atoms with Crippen molar-refractivity contribution >= 4 is 5.97 Å². The first-order chi connectivity index (χ1) is 8.24. The van der Waals surface area contributed by atoms with Gasteiger partial charge in [0.25, 0.3) is 0 Å². The van der Waals surface area contributed by atoms with Crippen LogP contribution in [-0.4, -0.2) is 12.1 Å². The number of hydrogen-bond donors (Lipinski definition) is 0. The lowest BCUT2D eigenvalue weighted by atomic mass is 9.65. The SMILES string of the molecule is CC(=O)OC(C)C(C)CC1C(C)=CCCC1(C)C. The summed E-state index contributed by atoms with van der Waals surface area (Å²) in [6.07, 6.45) is 5.93. The lowest BCUT2D eigenvalue weighted by Gasteiger charge is -2.40. The van der Waals surface area contributed by atoms with E-state index in [1.54, 1.807) is 0 Å². The smallest absolute Gasteiger partial charge is 0.302 e. The Morgan fingerprint density at radius 1 is 1.50 bits per heavy atom. The largest absolute Gasteiger partial charge is 0.463 e. The Hall–Kier alpha value is -0.790. The van der Waals surface area contributed by atoms with Crippen LogP contribution in [0.1, 0.15) is 60.8 Å². The van der Waals surface area contributed by atoms with Crippen LogP contribution in [0.15, 0.2) is 11.6 Å². The maximum Gasteiger partial charge on any atom is 0.302 e. The van der Waals surface area contributed by atoms with E-state index in [1.165, 1.54) is 25.3 Å². The standard InChI is InChI=1S/C16H28O2/c1-11-8-7-9-16(5,6)15(11)10-12(2)13(3)18-14(4)17/h8,12-13,15H,7,9-10H2,1-6H3. The van der Waals surface area contributed by atoms with Gasteiger partial charge < -0.3 is 4.74 Å². The summed E-state index contributed by atoms with van der Waals surface area (Å²) in [5, 5.41) is 0. The van der Waals surface area contributed by atoms with E-state index in [2.05, 4.69) is 33.8 Å². The van der Waals surface area contributed by atoms with E-state index >= 15 is 0 Å². The molecule has 0 spiro atoms. The first kappa shape index (κ1) is 15.3. The van der Waals surface area contributed by atoms with Gasteiger partial charge in [-0.2, -0.15) is 0 Å². The molecule has 0 fully saturated rings. The van der Waals surface area contributed by atoms with Crippen LogP contribution in [0, 0.1) is 17.3 Å². The molecule has 104 valence electrons. The van der Waals surface area contributed by atoms with Gasteiger partial charge in [-0.3, -0.25) is 4.79 Å². The Labute approximate surface area is 112 Å². The van der Waals surface area contributed by atoms with Crippen LogP contribution >= 0.6 is 0 Å². The third-order valence-electron chi connectivity index (χ3n) is 4.51. The predicted molar refractivity (Wildman–Crippen MR) is 75.3 cm³/mol. The van der Waals surface area contributed by atoms with E-state index in [0.29, 0.717) is 17.3 Å². The molecule has 3 atom stereocenters. The van der Waals surface area contributed by atoms with Gasteiger partial charge in [-0.15, -0.1) is 0 Å². The molecule has 0 saturated carbocycles. The fraction of sp³-hybridized carbons (Fsp3) is 0.812. The molecule has 0 saturated heterocycles. The van der Waals surface area contributed by atoms with Crippen LogP contribution in [-0.2, 0) is 9.53 Å². The van der Waals surface area contributed by atoms with E-state index in [1.807, 2.05) is 6.92 Å². The Bertz CT molecular complexity index is 328. The Morgan fingerprint density at radius 3 is 2.61 bits per heavy atom. The van der Waals surface area contributed by atoms with E-state index in [-0.39, 0.29) is 12.1 Å². The van der Waals surface area contributed by atoms with Crippen molar-refractivity contribution in [2.45, 2.75) is 66.9 Å². The number of esters is 1. The first-order valence-corrected chi connectivity index (χ1v) is 7.08. The predicted octanol–water partition coefficient (Wildman–Crippen LogP) is 4.35. The minimum absolute atomic E-state index is 0.00743. The second kappa shape index (κ2) is 5.90. The average molecular weight is 252 g/mol. The fourth-order valence-corrected chi connectivity index (χ4v) is 3.05. The minimum atomic E-state index is -0.176. The van der Waals surface area contributed by atoms with Gasteiger partial charge >= 0.3 is 5.97 Å². The highest BCUT2D eigenvalue weighted by Crippen LogP contribution is 2.44. The molecule has 2 nitrogen and oxygen atoms in total. The summed E-state index contributed by atoms with van der Waals surface area (Å²) in [7, 11) is 0. The second-order valence-corrected chi connectivity index (χ2v) is 6.56. The van der Waals surface area contributed by atoms with Gasteiger partial charge in [-0.25, -0.2) is 0 Å². The number of allylic oxidation sites excluding steroid dienone is 2. The second-order valence-electron chi connectivity index (χ2n) is 6.56.